The van der Waals surface area contributed by atoms with E-state index in [2.05, 4.69) is 6.07 Å². The highest BCUT2D eigenvalue weighted by Gasteiger charge is 2.21. The Morgan fingerprint density at radius 3 is 2.53 bits per heavy atom. The molecule has 0 atom stereocenters. The van der Waals surface area contributed by atoms with Crippen LogP contribution in [0.4, 0.5) is 0 Å². The monoisotopic (exact) mass is 252 g/mol. The fourth-order valence-electron chi connectivity index (χ4n) is 2.51. The van der Waals surface area contributed by atoms with E-state index in [1.54, 1.807) is 12.1 Å². The highest BCUT2D eigenvalue weighted by atomic mass is 16.3. The Morgan fingerprint density at radius 1 is 0.947 bits per heavy atom. The number of aldehydes is 2. The van der Waals surface area contributed by atoms with E-state index in [9.17, 15) is 9.59 Å². The van der Waals surface area contributed by atoms with Crippen LogP contribution < -0.4 is 0 Å². The molecule has 19 heavy (non-hydrogen) atoms. The second-order valence-corrected chi connectivity index (χ2v) is 4.50. The minimum atomic E-state index is 0.274. The Labute approximate surface area is 110 Å². The van der Waals surface area contributed by atoms with Crippen molar-refractivity contribution in [2.24, 2.45) is 0 Å². The molecule has 0 N–H and O–H groups in total. The van der Waals surface area contributed by atoms with Gasteiger partial charge < -0.3 is 4.42 Å². The SMILES string of the molecule is O=CC1=C(c2ccc(C=O)o2)c2ccccc2CC1. The summed E-state index contributed by atoms with van der Waals surface area (Å²) in [6.07, 6.45) is 3.11. The predicted octanol–water partition coefficient (Wildman–Crippen LogP) is 3.04. The lowest BCUT2D eigenvalue weighted by atomic mass is 9.85. The third-order valence-corrected chi connectivity index (χ3v) is 3.40. The van der Waals surface area contributed by atoms with Gasteiger partial charge in [0.05, 0.1) is 0 Å². The summed E-state index contributed by atoms with van der Waals surface area (Å²) in [7, 11) is 0. The van der Waals surface area contributed by atoms with Crippen LogP contribution in [0.5, 0.6) is 0 Å². The van der Waals surface area contributed by atoms with Crippen molar-refractivity contribution in [3.05, 3.63) is 64.6 Å². The first-order valence-corrected chi connectivity index (χ1v) is 6.15. The lowest BCUT2D eigenvalue weighted by Crippen LogP contribution is -2.06. The number of carbonyl (C=O) groups is 2. The zero-order valence-electron chi connectivity index (χ0n) is 10.3. The summed E-state index contributed by atoms with van der Waals surface area (Å²) in [5, 5.41) is 0. The van der Waals surface area contributed by atoms with Crippen LogP contribution in [0.15, 0.2) is 46.4 Å². The van der Waals surface area contributed by atoms with E-state index in [-0.39, 0.29) is 5.76 Å². The quantitative estimate of drug-likeness (QED) is 0.789. The van der Waals surface area contributed by atoms with Gasteiger partial charge in [0.2, 0.25) is 0 Å². The summed E-state index contributed by atoms with van der Waals surface area (Å²) < 4.78 is 5.48. The molecule has 3 rings (SSSR count). The van der Waals surface area contributed by atoms with E-state index in [0.29, 0.717) is 18.5 Å². The maximum absolute atomic E-state index is 11.3. The van der Waals surface area contributed by atoms with Crippen LogP contribution >= 0.6 is 0 Å². The van der Waals surface area contributed by atoms with Gasteiger partial charge in [0, 0.05) is 11.1 Å². The summed E-state index contributed by atoms with van der Waals surface area (Å²) in [5.41, 5.74) is 3.75. The molecule has 1 heterocycles. The van der Waals surface area contributed by atoms with Crippen molar-refractivity contribution in [3.8, 4) is 0 Å². The van der Waals surface area contributed by atoms with Crippen molar-refractivity contribution in [1.82, 2.24) is 0 Å². The van der Waals surface area contributed by atoms with E-state index < -0.39 is 0 Å². The van der Waals surface area contributed by atoms with Gasteiger partial charge in [-0.1, -0.05) is 24.3 Å². The van der Waals surface area contributed by atoms with Crippen LogP contribution in [0, 0.1) is 0 Å². The molecule has 2 aromatic rings. The second kappa shape index (κ2) is 4.69. The van der Waals surface area contributed by atoms with Crippen molar-refractivity contribution >= 4 is 18.1 Å². The normalized spacial score (nSPS) is 14.1. The molecule has 0 bridgehead atoms. The standard InChI is InChI=1S/C16H12O3/c17-9-12-6-5-11-3-1-2-4-14(11)16(12)15-8-7-13(10-18)19-15/h1-4,7-10H,5-6H2. The molecule has 94 valence electrons. The lowest BCUT2D eigenvalue weighted by Gasteiger charge is -2.19. The Hall–Kier alpha value is -2.42. The Kier molecular flexibility index (Phi) is 2.88. The number of hydrogen-bond donors (Lipinski definition) is 0. The van der Waals surface area contributed by atoms with Gasteiger partial charge in [-0.15, -0.1) is 0 Å². The van der Waals surface area contributed by atoms with Crippen LogP contribution in [0.3, 0.4) is 0 Å². The second-order valence-electron chi connectivity index (χ2n) is 4.50. The number of furan rings is 1. The largest absolute Gasteiger partial charge is 0.453 e. The van der Waals surface area contributed by atoms with Crippen molar-refractivity contribution in [3.63, 3.8) is 0 Å². The summed E-state index contributed by atoms with van der Waals surface area (Å²) >= 11 is 0. The third kappa shape index (κ3) is 1.93. The molecule has 1 aliphatic rings. The summed E-state index contributed by atoms with van der Waals surface area (Å²) in [4.78, 5) is 22.0. The molecule has 0 radical (unpaired) electrons. The van der Waals surface area contributed by atoms with Crippen molar-refractivity contribution in [1.29, 1.82) is 0 Å². The number of aryl methyl sites for hydroxylation is 1. The molecule has 3 nitrogen and oxygen atoms in total. The number of hydrogen-bond acceptors (Lipinski definition) is 3. The fourth-order valence-corrected chi connectivity index (χ4v) is 2.51. The molecule has 0 spiro atoms. The van der Waals surface area contributed by atoms with Crippen LogP contribution in [-0.2, 0) is 11.2 Å². The molecule has 3 heteroatoms. The van der Waals surface area contributed by atoms with Gasteiger partial charge in [-0.3, -0.25) is 9.59 Å². The van der Waals surface area contributed by atoms with Crippen molar-refractivity contribution < 1.29 is 14.0 Å². The molecule has 0 fully saturated rings. The van der Waals surface area contributed by atoms with Gasteiger partial charge in [0.25, 0.3) is 0 Å². The summed E-state index contributed by atoms with van der Waals surface area (Å²) in [5.74, 6) is 0.854. The number of fused-ring (bicyclic) bond motifs is 1. The Bertz CT molecular complexity index is 677. The average Bonchev–Trinajstić information content (AvgIpc) is 2.94. The first-order chi connectivity index (χ1) is 9.33. The molecular weight excluding hydrogens is 240 g/mol. The minimum absolute atomic E-state index is 0.274. The molecule has 1 aromatic carbocycles. The highest BCUT2D eigenvalue weighted by Crippen LogP contribution is 2.35. The Balaban J connectivity index is 2.21. The van der Waals surface area contributed by atoms with E-state index in [0.717, 1.165) is 29.4 Å². The van der Waals surface area contributed by atoms with Crippen LogP contribution in [0.2, 0.25) is 0 Å². The summed E-state index contributed by atoms with van der Waals surface area (Å²) in [6, 6.07) is 11.3. The van der Waals surface area contributed by atoms with E-state index in [4.69, 9.17) is 4.42 Å². The molecular formula is C16H12O3. The predicted molar refractivity (Wildman–Crippen MR) is 70.9 cm³/mol. The number of allylic oxidation sites excluding steroid dienone is 1. The molecule has 0 unspecified atom stereocenters. The van der Waals surface area contributed by atoms with Crippen LogP contribution in [-0.4, -0.2) is 12.6 Å². The molecule has 0 aliphatic heterocycles. The lowest BCUT2D eigenvalue weighted by molar-refractivity contribution is -0.105. The zero-order chi connectivity index (χ0) is 13.2. The molecule has 0 amide bonds. The maximum atomic E-state index is 11.3. The number of benzene rings is 1. The van der Waals surface area contributed by atoms with Gasteiger partial charge in [0.15, 0.2) is 12.0 Å². The summed E-state index contributed by atoms with van der Waals surface area (Å²) in [6.45, 7) is 0. The van der Waals surface area contributed by atoms with Crippen LogP contribution in [0.1, 0.15) is 33.9 Å². The smallest absolute Gasteiger partial charge is 0.185 e. The molecule has 0 saturated carbocycles. The topological polar surface area (TPSA) is 47.3 Å². The van der Waals surface area contributed by atoms with E-state index in [1.807, 2.05) is 18.2 Å². The number of carbonyl (C=O) groups excluding carboxylic acids is 2. The number of rotatable bonds is 3. The first kappa shape index (κ1) is 11.7. The maximum Gasteiger partial charge on any atom is 0.185 e. The average molecular weight is 252 g/mol. The van der Waals surface area contributed by atoms with Crippen molar-refractivity contribution in [2.45, 2.75) is 12.8 Å². The molecule has 1 aromatic heterocycles. The van der Waals surface area contributed by atoms with Gasteiger partial charge in [-0.25, -0.2) is 0 Å². The van der Waals surface area contributed by atoms with Gasteiger partial charge in [0.1, 0.15) is 12.0 Å². The van der Waals surface area contributed by atoms with Crippen LogP contribution in [0.25, 0.3) is 5.57 Å². The third-order valence-electron chi connectivity index (χ3n) is 3.40. The Morgan fingerprint density at radius 2 is 1.79 bits per heavy atom. The first-order valence-electron chi connectivity index (χ1n) is 6.15. The van der Waals surface area contributed by atoms with Gasteiger partial charge in [-0.2, -0.15) is 0 Å². The molecule has 0 saturated heterocycles. The van der Waals surface area contributed by atoms with Gasteiger partial charge in [-0.05, 0) is 36.1 Å². The van der Waals surface area contributed by atoms with E-state index in [1.165, 1.54) is 5.56 Å². The molecule has 1 aliphatic carbocycles. The minimum Gasteiger partial charge on any atom is -0.453 e. The zero-order valence-corrected chi connectivity index (χ0v) is 10.3. The highest BCUT2D eigenvalue weighted by molar-refractivity contribution is 5.95. The van der Waals surface area contributed by atoms with Crippen molar-refractivity contribution in [2.75, 3.05) is 0 Å². The fraction of sp³-hybridized carbons (Fsp3) is 0.125. The van der Waals surface area contributed by atoms with E-state index >= 15 is 0 Å². The van der Waals surface area contributed by atoms with Gasteiger partial charge >= 0.3 is 0 Å².